The van der Waals surface area contributed by atoms with E-state index in [0.29, 0.717) is 6.54 Å². The second-order valence-corrected chi connectivity index (χ2v) is 7.26. The highest BCUT2D eigenvalue weighted by Crippen LogP contribution is 2.37. The molecule has 0 bridgehead atoms. The summed E-state index contributed by atoms with van der Waals surface area (Å²) in [6, 6.07) is 12.4. The molecule has 0 amide bonds. The van der Waals surface area contributed by atoms with Gasteiger partial charge in [-0.1, -0.05) is 12.1 Å². The SMILES string of the molecule is Cc1cccc(-c2nn3c(c2-c2ccc4ncc(CCN)nc4c2)CCC3)n1. The van der Waals surface area contributed by atoms with Crippen molar-refractivity contribution in [2.75, 3.05) is 6.54 Å². The van der Waals surface area contributed by atoms with E-state index in [0.717, 1.165) is 65.2 Å². The molecule has 1 aliphatic rings. The molecule has 4 aromatic rings. The zero-order valence-electron chi connectivity index (χ0n) is 15.9. The third-order valence-electron chi connectivity index (χ3n) is 5.25. The van der Waals surface area contributed by atoms with E-state index < -0.39 is 0 Å². The number of nitrogens with two attached hydrogens (primary N) is 1. The Hall–Kier alpha value is -3.12. The highest BCUT2D eigenvalue weighted by molar-refractivity contribution is 5.87. The molecule has 1 aliphatic heterocycles. The van der Waals surface area contributed by atoms with Gasteiger partial charge < -0.3 is 5.73 Å². The molecule has 0 saturated heterocycles. The van der Waals surface area contributed by atoms with Crippen LogP contribution in [0.5, 0.6) is 0 Å². The number of hydrogen-bond acceptors (Lipinski definition) is 5. The minimum atomic E-state index is 0.569. The maximum Gasteiger partial charge on any atom is 0.119 e. The second kappa shape index (κ2) is 6.80. The Morgan fingerprint density at radius 2 is 2.04 bits per heavy atom. The van der Waals surface area contributed by atoms with Crippen molar-refractivity contribution >= 4 is 11.0 Å². The summed E-state index contributed by atoms with van der Waals surface area (Å²) in [5.74, 6) is 0. The fourth-order valence-corrected chi connectivity index (χ4v) is 3.96. The van der Waals surface area contributed by atoms with Gasteiger partial charge in [0.15, 0.2) is 0 Å². The van der Waals surface area contributed by atoms with Crippen molar-refractivity contribution in [1.29, 1.82) is 0 Å². The molecular weight excluding hydrogens is 348 g/mol. The van der Waals surface area contributed by atoms with Crippen LogP contribution in [0.3, 0.4) is 0 Å². The molecule has 0 atom stereocenters. The topological polar surface area (TPSA) is 82.5 Å². The van der Waals surface area contributed by atoms with Crippen molar-refractivity contribution in [2.45, 2.75) is 32.7 Å². The zero-order chi connectivity index (χ0) is 19.1. The summed E-state index contributed by atoms with van der Waals surface area (Å²) < 4.78 is 2.13. The van der Waals surface area contributed by atoms with Gasteiger partial charge in [-0.05, 0) is 56.1 Å². The van der Waals surface area contributed by atoms with Crippen LogP contribution in [0.25, 0.3) is 33.5 Å². The number of aromatic nitrogens is 5. The van der Waals surface area contributed by atoms with Crippen LogP contribution >= 0.6 is 0 Å². The lowest BCUT2D eigenvalue weighted by atomic mass is 9.99. The molecule has 0 aliphatic carbocycles. The van der Waals surface area contributed by atoms with Gasteiger partial charge >= 0.3 is 0 Å². The molecule has 0 fully saturated rings. The second-order valence-electron chi connectivity index (χ2n) is 7.26. The molecule has 1 aromatic carbocycles. The van der Waals surface area contributed by atoms with E-state index >= 15 is 0 Å². The number of rotatable bonds is 4. The first-order chi connectivity index (χ1) is 13.7. The summed E-state index contributed by atoms with van der Waals surface area (Å²) in [7, 11) is 0. The van der Waals surface area contributed by atoms with E-state index in [1.165, 1.54) is 11.3 Å². The van der Waals surface area contributed by atoms with Crippen molar-refractivity contribution in [3.63, 3.8) is 0 Å². The summed E-state index contributed by atoms with van der Waals surface area (Å²) >= 11 is 0. The number of aryl methyl sites for hydroxylation is 2. The fraction of sp³-hybridized carbons (Fsp3) is 0.273. The van der Waals surface area contributed by atoms with Crippen LogP contribution in [0.2, 0.25) is 0 Å². The lowest BCUT2D eigenvalue weighted by molar-refractivity contribution is 0.658. The zero-order valence-corrected chi connectivity index (χ0v) is 15.9. The van der Waals surface area contributed by atoms with Crippen LogP contribution in [0, 0.1) is 6.92 Å². The first-order valence-electron chi connectivity index (χ1n) is 9.73. The van der Waals surface area contributed by atoms with Gasteiger partial charge in [0.25, 0.3) is 0 Å². The molecule has 0 saturated carbocycles. The third kappa shape index (κ3) is 2.86. The number of pyridine rings is 1. The highest BCUT2D eigenvalue weighted by atomic mass is 15.3. The third-order valence-corrected chi connectivity index (χ3v) is 5.25. The van der Waals surface area contributed by atoms with Crippen LogP contribution in [0.15, 0.2) is 42.6 Å². The monoisotopic (exact) mass is 370 g/mol. The molecular formula is C22H22N6. The molecule has 0 unspecified atom stereocenters. The van der Waals surface area contributed by atoms with Crippen molar-refractivity contribution in [3.8, 4) is 22.5 Å². The van der Waals surface area contributed by atoms with E-state index in [1.54, 1.807) is 0 Å². The Bertz CT molecular complexity index is 1180. The molecule has 5 rings (SSSR count). The number of benzene rings is 1. The van der Waals surface area contributed by atoms with E-state index in [-0.39, 0.29) is 0 Å². The predicted octanol–water partition coefficient (Wildman–Crippen LogP) is 3.31. The number of nitrogens with zero attached hydrogens (tertiary/aromatic N) is 5. The molecule has 28 heavy (non-hydrogen) atoms. The van der Waals surface area contributed by atoms with Crippen molar-refractivity contribution in [2.24, 2.45) is 5.73 Å². The smallest absolute Gasteiger partial charge is 0.119 e. The normalized spacial score (nSPS) is 13.2. The minimum Gasteiger partial charge on any atom is -0.330 e. The van der Waals surface area contributed by atoms with Gasteiger partial charge in [-0.25, -0.2) is 4.98 Å². The molecule has 3 aromatic heterocycles. The highest BCUT2D eigenvalue weighted by Gasteiger charge is 2.24. The summed E-state index contributed by atoms with van der Waals surface area (Å²) in [4.78, 5) is 14.0. The number of hydrogen-bond donors (Lipinski definition) is 1. The van der Waals surface area contributed by atoms with Crippen LogP contribution < -0.4 is 5.73 Å². The van der Waals surface area contributed by atoms with E-state index in [4.69, 9.17) is 20.8 Å². The maximum absolute atomic E-state index is 5.68. The minimum absolute atomic E-state index is 0.569. The van der Waals surface area contributed by atoms with Gasteiger partial charge in [0, 0.05) is 36.1 Å². The summed E-state index contributed by atoms with van der Waals surface area (Å²) in [6.07, 6.45) is 4.71. The van der Waals surface area contributed by atoms with E-state index in [9.17, 15) is 0 Å². The standard InChI is InChI=1S/C22H22N6/c1-14-4-2-5-18(25-14)22-21(20-6-3-11-28(20)27-22)15-7-8-17-19(12-15)26-16(9-10-23)13-24-17/h2,4-5,7-8,12-13H,3,6,9-11,23H2,1H3. The first kappa shape index (κ1) is 17.0. The van der Waals surface area contributed by atoms with E-state index in [1.807, 2.05) is 37.4 Å². The van der Waals surface area contributed by atoms with Gasteiger partial charge in [-0.15, -0.1) is 0 Å². The molecule has 2 N–H and O–H groups in total. The predicted molar refractivity (Wildman–Crippen MR) is 110 cm³/mol. The molecule has 0 radical (unpaired) electrons. The molecule has 6 heteroatoms. The van der Waals surface area contributed by atoms with Crippen molar-refractivity contribution in [3.05, 3.63) is 59.7 Å². The van der Waals surface area contributed by atoms with Gasteiger partial charge in [0.1, 0.15) is 5.69 Å². The molecule has 6 nitrogen and oxygen atoms in total. The summed E-state index contributed by atoms with van der Waals surface area (Å²) in [5.41, 5.74) is 14.8. The van der Waals surface area contributed by atoms with Gasteiger partial charge in [0.05, 0.1) is 22.4 Å². The lowest BCUT2D eigenvalue weighted by Gasteiger charge is -2.08. The Kier molecular flexibility index (Phi) is 4.13. The van der Waals surface area contributed by atoms with Crippen LogP contribution in [-0.2, 0) is 19.4 Å². The molecule has 4 heterocycles. The fourth-order valence-electron chi connectivity index (χ4n) is 3.96. The van der Waals surface area contributed by atoms with Crippen LogP contribution in [0.4, 0.5) is 0 Å². The Balaban J connectivity index is 1.70. The van der Waals surface area contributed by atoms with Crippen LogP contribution in [0.1, 0.15) is 23.5 Å². The van der Waals surface area contributed by atoms with Gasteiger partial charge in [-0.3, -0.25) is 14.6 Å². The van der Waals surface area contributed by atoms with Crippen molar-refractivity contribution in [1.82, 2.24) is 24.7 Å². The van der Waals surface area contributed by atoms with Crippen LogP contribution in [-0.4, -0.2) is 31.3 Å². The van der Waals surface area contributed by atoms with Crippen molar-refractivity contribution < 1.29 is 0 Å². The quantitative estimate of drug-likeness (QED) is 0.596. The average molecular weight is 370 g/mol. The van der Waals surface area contributed by atoms with Gasteiger partial charge in [-0.2, -0.15) is 5.10 Å². The average Bonchev–Trinajstić information content (AvgIpc) is 3.29. The van der Waals surface area contributed by atoms with Gasteiger partial charge in [0.2, 0.25) is 0 Å². The Morgan fingerprint density at radius 3 is 2.89 bits per heavy atom. The summed E-state index contributed by atoms with van der Waals surface area (Å²) in [5, 5.41) is 4.91. The largest absolute Gasteiger partial charge is 0.330 e. The molecule has 0 spiro atoms. The lowest BCUT2D eigenvalue weighted by Crippen LogP contribution is -2.05. The molecule has 140 valence electrons. The first-order valence-corrected chi connectivity index (χ1v) is 9.73. The Labute approximate surface area is 163 Å². The number of fused-ring (bicyclic) bond motifs is 2. The Morgan fingerprint density at radius 1 is 1.11 bits per heavy atom. The van der Waals surface area contributed by atoms with E-state index in [2.05, 4.69) is 21.8 Å². The summed E-state index contributed by atoms with van der Waals surface area (Å²) in [6.45, 7) is 3.54. The maximum atomic E-state index is 5.68.